The Morgan fingerprint density at radius 3 is 2.64 bits per heavy atom. The third-order valence-corrected chi connectivity index (χ3v) is 2.47. The van der Waals surface area contributed by atoms with Gasteiger partial charge in [-0.25, -0.2) is 0 Å². The monoisotopic (exact) mass is 200 g/mol. The maximum absolute atomic E-state index is 11.3. The molecule has 0 saturated carbocycles. The molecular formula is C10H20N2O2. The molecule has 1 fully saturated rings. The van der Waals surface area contributed by atoms with Crippen LogP contribution in [0.3, 0.4) is 0 Å². The molecule has 4 nitrogen and oxygen atoms in total. The van der Waals surface area contributed by atoms with Crippen molar-refractivity contribution < 1.29 is 9.53 Å². The molecular weight excluding hydrogens is 180 g/mol. The van der Waals surface area contributed by atoms with Crippen LogP contribution >= 0.6 is 0 Å². The molecule has 0 radical (unpaired) electrons. The standard InChI is InChI=1S/C10H20N2O2/c1-7(2)14-10(13)6-12-4-8(3)9(11)5-12/h7-9H,4-6,11H2,1-3H3. The van der Waals surface area contributed by atoms with Crippen LogP contribution in [-0.4, -0.2) is 42.6 Å². The zero-order chi connectivity index (χ0) is 10.7. The van der Waals surface area contributed by atoms with Gasteiger partial charge in [-0.1, -0.05) is 6.92 Å². The summed E-state index contributed by atoms with van der Waals surface area (Å²) in [6.07, 6.45) is -0.0313. The van der Waals surface area contributed by atoms with E-state index in [0.29, 0.717) is 12.5 Å². The Morgan fingerprint density at radius 1 is 1.57 bits per heavy atom. The van der Waals surface area contributed by atoms with E-state index in [1.54, 1.807) is 0 Å². The zero-order valence-electron chi connectivity index (χ0n) is 9.19. The van der Waals surface area contributed by atoms with Crippen LogP contribution in [0.1, 0.15) is 20.8 Å². The third-order valence-electron chi connectivity index (χ3n) is 2.47. The molecule has 1 aliphatic heterocycles. The van der Waals surface area contributed by atoms with Gasteiger partial charge in [0, 0.05) is 19.1 Å². The van der Waals surface area contributed by atoms with E-state index in [-0.39, 0.29) is 18.1 Å². The molecule has 4 heteroatoms. The van der Waals surface area contributed by atoms with Crippen molar-refractivity contribution in [3.8, 4) is 0 Å². The van der Waals surface area contributed by atoms with Gasteiger partial charge in [0.25, 0.3) is 0 Å². The molecule has 82 valence electrons. The average molecular weight is 200 g/mol. The van der Waals surface area contributed by atoms with Crippen molar-refractivity contribution in [2.45, 2.75) is 32.9 Å². The lowest BCUT2D eigenvalue weighted by Crippen LogP contribution is -2.32. The molecule has 2 N–H and O–H groups in total. The molecule has 0 amide bonds. The van der Waals surface area contributed by atoms with Crippen molar-refractivity contribution in [3.63, 3.8) is 0 Å². The number of nitrogens with two attached hydrogens (primary N) is 1. The van der Waals surface area contributed by atoms with E-state index in [1.165, 1.54) is 0 Å². The summed E-state index contributed by atoms with van der Waals surface area (Å²) in [6, 6.07) is 0.196. The smallest absolute Gasteiger partial charge is 0.320 e. The maximum atomic E-state index is 11.3. The topological polar surface area (TPSA) is 55.6 Å². The first kappa shape index (κ1) is 11.5. The van der Waals surface area contributed by atoms with Gasteiger partial charge in [-0.3, -0.25) is 9.69 Å². The van der Waals surface area contributed by atoms with Gasteiger partial charge in [0.2, 0.25) is 0 Å². The average Bonchev–Trinajstić information content (AvgIpc) is 2.28. The van der Waals surface area contributed by atoms with Crippen LogP contribution in [0.2, 0.25) is 0 Å². The number of nitrogens with zero attached hydrogens (tertiary/aromatic N) is 1. The lowest BCUT2D eigenvalue weighted by Gasteiger charge is -2.15. The zero-order valence-corrected chi connectivity index (χ0v) is 9.19. The van der Waals surface area contributed by atoms with Crippen LogP contribution in [0.4, 0.5) is 0 Å². The Balaban J connectivity index is 2.28. The molecule has 1 heterocycles. The van der Waals surface area contributed by atoms with Gasteiger partial charge >= 0.3 is 5.97 Å². The fourth-order valence-corrected chi connectivity index (χ4v) is 1.71. The highest BCUT2D eigenvalue weighted by Gasteiger charge is 2.28. The van der Waals surface area contributed by atoms with E-state index in [0.717, 1.165) is 13.1 Å². The second-order valence-corrected chi connectivity index (χ2v) is 4.37. The number of hydrogen-bond donors (Lipinski definition) is 1. The fourth-order valence-electron chi connectivity index (χ4n) is 1.71. The Morgan fingerprint density at radius 2 is 2.21 bits per heavy atom. The first-order chi connectivity index (χ1) is 6.49. The molecule has 0 aromatic rings. The molecule has 1 rings (SSSR count). The van der Waals surface area contributed by atoms with E-state index < -0.39 is 0 Å². The maximum Gasteiger partial charge on any atom is 0.320 e. The number of hydrogen-bond acceptors (Lipinski definition) is 4. The van der Waals surface area contributed by atoms with Crippen LogP contribution in [0.15, 0.2) is 0 Å². The van der Waals surface area contributed by atoms with E-state index in [1.807, 2.05) is 13.8 Å². The van der Waals surface area contributed by atoms with Gasteiger partial charge in [-0.2, -0.15) is 0 Å². The molecule has 1 saturated heterocycles. The highest BCUT2D eigenvalue weighted by Crippen LogP contribution is 2.13. The van der Waals surface area contributed by atoms with Crippen LogP contribution in [0.5, 0.6) is 0 Å². The first-order valence-corrected chi connectivity index (χ1v) is 5.16. The summed E-state index contributed by atoms with van der Waals surface area (Å²) in [4.78, 5) is 13.4. The molecule has 0 aliphatic carbocycles. The van der Waals surface area contributed by atoms with Crippen LogP contribution in [-0.2, 0) is 9.53 Å². The van der Waals surface area contributed by atoms with Gasteiger partial charge < -0.3 is 10.5 Å². The number of likely N-dealkylation sites (tertiary alicyclic amines) is 1. The number of esters is 1. The molecule has 2 unspecified atom stereocenters. The van der Waals surface area contributed by atoms with Gasteiger partial charge in [0.1, 0.15) is 0 Å². The molecule has 2 atom stereocenters. The highest BCUT2D eigenvalue weighted by atomic mass is 16.5. The van der Waals surface area contributed by atoms with Crippen molar-refractivity contribution >= 4 is 5.97 Å². The van der Waals surface area contributed by atoms with Crippen molar-refractivity contribution in [2.24, 2.45) is 11.7 Å². The van der Waals surface area contributed by atoms with E-state index in [4.69, 9.17) is 10.5 Å². The highest BCUT2D eigenvalue weighted by molar-refractivity contribution is 5.71. The minimum Gasteiger partial charge on any atom is -0.462 e. The van der Waals surface area contributed by atoms with E-state index >= 15 is 0 Å². The van der Waals surface area contributed by atoms with Crippen molar-refractivity contribution in [2.75, 3.05) is 19.6 Å². The summed E-state index contributed by atoms with van der Waals surface area (Å²) in [6.45, 7) is 7.89. The molecule has 0 bridgehead atoms. The molecule has 0 aromatic carbocycles. The lowest BCUT2D eigenvalue weighted by molar-refractivity contribution is -0.148. The Labute approximate surface area is 85.4 Å². The normalized spacial score (nSPS) is 28.4. The largest absolute Gasteiger partial charge is 0.462 e. The minimum atomic E-state index is -0.152. The quantitative estimate of drug-likeness (QED) is 0.662. The number of rotatable bonds is 3. The number of carbonyl (C=O) groups is 1. The summed E-state index contributed by atoms with van der Waals surface area (Å²) in [5, 5.41) is 0. The summed E-state index contributed by atoms with van der Waals surface area (Å²) >= 11 is 0. The molecule has 0 spiro atoms. The Bertz CT molecular complexity index is 196. The lowest BCUT2D eigenvalue weighted by atomic mass is 10.1. The summed E-state index contributed by atoms with van der Waals surface area (Å²) in [5.41, 5.74) is 5.85. The van der Waals surface area contributed by atoms with Crippen molar-refractivity contribution in [1.82, 2.24) is 4.90 Å². The van der Waals surface area contributed by atoms with E-state index in [2.05, 4.69) is 11.8 Å². The summed E-state index contributed by atoms with van der Waals surface area (Å²) in [7, 11) is 0. The predicted octanol–water partition coefficient (Wildman–Crippen LogP) is 0.217. The number of ether oxygens (including phenoxy) is 1. The Kier molecular flexibility index (Phi) is 3.89. The fraction of sp³-hybridized carbons (Fsp3) is 0.900. The van der Waals surface area contributed by atoms with Gasteiger partial charge in [-0.05, 0) is 19.8 Å². The molecule has 1 aliphatic rings. The second-order valence-electron chi connectivity index (χ2n) is 4.37. The third kappa shape index (κ3) is 3.27. The second kappa shape index (κ2) is 4.75. The van der Waals surface area contributed by atoms with Crippen molar-refractivity contribution in [3.05, 3.63) is 0 Å². The SMILES string of the molecule is CC(C)OC(=O)CN1CC(C)C(N)C1. The van der Waals surface area contributed by atoms with Gasteiger partial charge in [0.05, 0.1) is 12.6 Å². The van der Waals surface area contributed by atoms with Crippen LogP contribution < -0.4 is 5.73 Å². The predicted molar refractivity (Wildman–Crippen MR) is 54.8 cm³/mol. The van der Waals surface area contributed by atoms with E-state index in [9.17, 15) is 4.79 Å². The Hall–Kier alpha value is -0.610. The van der Waals surface area contributed by atoms with Crippen molar-refractivity contribution in [1.29, 1.82) is 0 Å². The first-order valence-electron chi connectivity index (χ1n) is 5.16. The summed E-state index contributed by atoms with van der Waals surface area (Å²) < 4.78 is 5.06. The van der Waals surface area contributed by atoms with Crippen LogP contribution in [0.25, 0.3) is 0 Å². The van der Waals surface area contributed by atoms with Crippen LogP contribution in [0, 0.1) is 5.92 Å². The molecule has 14 heavy (non-hydrogen) atoms. The number of carbonyl (C=O) groups excluding carboxylic acids is 1. The van der Waals surface area contributed by atoms with Gasteiger partial charge in [-0.15, -0.1) is 0 Å². The van der Waals surface area contributed by atoms with Gasteiger partial charge in [0.15, 0.2) is 0 Å². The minimum absolute atomic E-state index is 0.0313. The molecule has 0 aromatic heterocycles. The summed E-state index contributed by atoms with van der Waals surface area (Å²) in [5.74, 6) is 0.322.